The SMILES string of the molecule is Cc1ccc(Cl)cc1N(CC(=O)N(Cc1ccc(Cl)c(Cl)c1)[C@H](C)C(=O)NC1CCCCC1)S(C)(=O)=O. The van der Waals surface area contributed by atoms with Crippen molar-refractivity contribution < 1.29 is 18.0 Å². The lowest BCUT2D eigenvalue weighted by Crippen LogP contribution is -2.53. The smallest absolute Gasteiger partial charge is 0.244 e. The Kier molecular flexibility index (Phi) is 10.1. The first-order valence-electron chi connectivity index (χ1n) is 12.1. The number of rotatable bonds is 9. The van der Waals surface area contributed by atoms with Crippen molar-refractivity contribution >= 4 is 62.3 Å². The summed E-state index contributed by atoms with van der Waals surface area (Å²) in [6, 6.07) is 9.02. The molecule has 1 fully saturated rings. The first-order chi connectivity index (χ1) is 17.4. The van der Waals surface area contributed by atoms with Gasteiger partial charge in [-0.05, 0) is 62.1 Å². The molecule has 3 rings (SSSR count). The molecule has 0 radical (unpaired) electrons. The summed E-state index contributed by atoms with van der Waals surface area (Å²) in [7, 11) is -3.85. The Morgan fingerprint density at radius 2 is 1.70 bits per heavy atom. The van der Waals surface area contributed by atoms with Gasteiger partial charge in [-0.2, -0.15) is 0 Å². The summed E-state index contributed by atoms with van der Waals surface area (Å²) in [6.07, 6.45) is 6.07. The minimum Gasteiger partial charge on any atom is -0.352 e. The molecule has 1 saturated carbocycles. The number of halogens is 3. The van der Waals surface area contributed by atoms with E-state index in [2.05, 4.69) is 5.32 Å². The molecule has 0 saturated heterocycles. The molecule has 7 nitrogen and oxygen atoms in total. The van der Waals surface area contributed by atoms with Crippen molar-refractivity contribution in [3.8, 4) is 0 Å². The molecule has 0 aromatic heterocycles. The predicted octanol–water partition coefficient (Wildman–Crippen LogP) is 5.59. The van der Waals surface area contributed by atoms with E-state index in [9.17, 15) is 18.0 Å². The van der Waals surface area contributed by atoms with Gasteiger partial charge in [0.05, 0.1) is 22.0 Å². The summed E-state index contributed by atoms with van der Waals surface area (Å²) in [5.41, 5.74) is 1.60. The average Bonchev–Trinajstić information content (AvgIpc) is 2.84. The second-order valence-electron chi connectivity index (χ2n) is 9.49. The van der Waals surface area contributed by atoms with Crippen LogP contribution >= 0.6 is 34.8 Å². The molecule has 1 N–H and O–H groups in total. The molecule has 0 bridgehead atoms. The number of sulfonamides is 1. The third kappa shape index (κ3) is 7.99. The summed E-state index contributed by atoms with van der Waals surface area (Å²) < 4.78 is 26.5. The normalized spacial score (nSPS) is 15.2. The Morgan fingerprint density at radius 3 is 2.32 bits per heavy atom. The highest BCUT2D eigenvalue weighted by Gasteiger charge is 2.31. The Bertz CT molecular complexity index is 1250. The molecule has 11 heteroatoms. The third-order valence-electron chi connectivity index (χ3n) is 6.57. The number of carbonyl (C=O) groups is 2. The topological polar surface area (TPSA) is 86.8 Å². The predicted molar refractivity (Wildman–Crippen MR) is 150 cm³/mol. The average molecular weight is 589 g/mol. The van der Waals surface area contributed by atoms with E-state index in [4.69, 9.17) is 34.8 Å². The quantitative estimate of drug-likeness (QED) is 0.414. The first kappa shape index (κ1) is 29.6. The van der Waals surface area contributed by atoms with Crippen LogP contribution in [-0.4, -0.2) is 50.0 Å². The van der Waals surface area contributed by atoms with E-state index in [0.29, 0.717) is 31.9 Å². The van der Waals surface area contributed by atoms with E-state index in [1.54, 1.807) is 44.2 Å². The molecule has 202 valence electrons. The van der Waals surface area contributed by atoms with E-state index < -0.39 is 28.5 Å². The lowest BCUT2D eigenvalue weighted by molar-refractivity contribution is -0.139. The summed E-state index contributed by atoms with van der Waals surface area (Å²) in [5.74, 6) is -0.827. The first-order valence-corrected chi connectivity index (χ1v) is 15.1. The van der Waals surface area contributed by atoms with E-state index in [1.807, 2.05) is 0 Å². The van der Waals surface area contributed by atoms with Gasteiger partial charge in [0.1, 0.15) is 12.6 Å². The van der Waals surface area contributed by atoms with Crippen molar-refractivity contribution in [1.82, 2.24) is 10.2 Å². The zero-order chi connectivity index (χ0) is 27.3. The summed E-state index contributed by atoms with van der Waals surface area (Å²) in [4.78, 5) is 28.3. The Balaban J connectivity index is 1.92. The van der Waals surface area contributed by atoms with Gasteiger partial charge in [-0.3, -0.25) is 13.9 Å². The second-order valence-corrected chi connectivity index (χ2v) is 12.6. The van der Waals surface area contributed by atoms with Crippen LogP contribution in [0.2, 0.25) is 15.1 Å². The van der Waals surface area contributed by atoms with Gasteiger partial charge in [0, 0.05) is 17.6 Å². The third-order valence-corrected chi connectivity index (χ3v) is 8.68. The number of amides is 2. The summed E-state index contributed by atoms with van der Waals surface area (Å²) in [5, 5.41) is 4.09. The van der Waals surface area contributed by atoms with Crippen molar-refractivity contribution in [3.63, 3.8) is 0 Å². The van der Waals surface area contributed by atoms with Crippen molar-refractivity contribution in [1.29, 1.82) is 0 Å². The van der Waals surface area contributed by atoms with Gasteiger partial charge in [-0.1, -0.05) is 66.2 Å². The number of anilines is 1. The van der Waals surface area contributed by atoms with Gasteiger partial charge in [-0.25, -0.2) is 8.42 Å². The molecule has 0 heterocycles. The molecule has 2 aromatic carbocycles. The lowest BCUT2D eigenvalue weighted by Gasteiger charge is -2.33. The van der Waals surface area contributed by atoms with Gasteiger partial charge in [0.15, 0.2) is 0 Å². The number of benzene rings is 2. The van der Waals surface area contributed by atoms with Crippen LogP contribution in [0.5, 0.6) is 0 Å². The molecule has 2 amide bonds. The zero-order valence-electron chi connectivity index (χ0n) is 21.1. The van der Waals surface area contributed by atoms with Crippen molar-refractivity contribution in [2.75, 3.05) is 17.1 Å². The fourth-order valence-corrected chi connectivity index (χ4v) is 5.82. The molecular formula is C26H32Cl3N3O4S. The highest BCUT2D eigenvalue weighted by atomic mass is 35.5. The van der Waals surface area contributed by atoms with Crippen LogP contribution in [0.25, 0.3) is 0 Å². The molecule has 1 aliphatic carbocycles. The Hall–Kier alpha value is -2.00. The number of nitrogens with one attached hydrogen (secondary N) is 1. The molecule has 0 aliphatic heterocycles. The fourth-order valence-electron chi connectivity index (χ4n) is 4.43. The van der Waals surface area contributed by atoms with Crippen LogP contribution < -0.4 is 9.62 Å². The van der Waals surface area contributed by atoms with E-state index in [0.717, 1.165) is 42.7 Å². The Labute approximate surface area is 234 Å². The number of hydrogen-bond donors (Lipinski definition) is 1. The van der Waals surface area contributed by atoms with Gasteiger partial charge < -0.3 is 10.2 Å². The highest BCUT2D eigenvalue weighted by molar-refractivity contribution is 7.92. The Morgan fingerprint density at radius 1 is 1.03 bits per heavy atom. The largest absolute Gasteiger partial charge is 0.352 e. The van der Waals surface area contributed by atoms with Crippen molar-refractivity contribution in [2.24, 2.45) is 0 Å². The van der Waals surface area contributed by atoms with Crippen LogP contribution in [0.1, 0.15) is 50.2 Å². The number of nitrogens with zero attached hydrogens (tertiary/aromatic N) is 2. The van der Waals surface area contributed by atoms with Crippen LogP contribution in [0.15, 0.2) is 36.4 Å². The maximum atomic E-state index is 13.7. The van der Waals surface area contributed by atoms with E-state index in [1.165, 1.54) is 11.0 Å². The molecule has 0 unspecified atom stereocenters. The van der Waals surface area contributed by atoms with Gasteiger partial charge in [0.25, 0.3) is 0 Å². The molecule has 0 spiro atoms. The molecule has 37 heavy (non-hydrogen) atoms. The molecule has 1 aliphatic rings. The summed E-state index contributed by atoms with van der Waals surface area (Å²) >= 11 is 18.4. The van der Waals surface area contributed by atoms with Crippen LogP contribution in [0, 0.1) is 6.92 Å². The van der Waals surface area contributed by atoms with Crippen LogP contribution in [-0.2, 0) is 26.2 Å². The molecule has 1 atom stereocenters. The zero-order valence-corrected chi connectivity index (χ0v) is 24.2. The minimum atomic E-state index is -3.85. The van der Waals surface area contributed by atoms with Gasteiger partial charge >= 0.3 is 0 Å². The number of aryl methyl sites for hydroxylation is 1. The van der Waals surface area contributed by atoms with E-state index in [-0.39, 0.29) is 18.5 Å². The highest BCUT2D eigenvalue weighted by Crippen LogP contribution is 2.28. The standard InChI is InChI=1S/C26H32Cl3N3O4S/c1-17-9-11-20(27)14-24(17)32(37(3,35)36)16-25(33)31(15-19-10-12-22(28)23(29)13-19)18(2)26(34)30-21-7-5-4-6-8-21/h9-14,18,21H,4-8,15-16H2,1-3H3,(H,30,34)/t18-/m1/s1. The number of carbonyl (C=O) groups excluding carboxylic acids is 2. The van der Waals surface area contributed by atoms with Gasteiger partial charge in [0.2, 0.25) is 21.8 Å². The number of hydrogen-bond acceptors (Lipinski definition) is 4. The fraction of sp³-hybridized carbons (Fsp3) is 0.462. The van der Waals surface area contributed by atoms with Crippen LogP contribution in [0.3, 0.4) is 0 Å². The molecular weight excluding hydrogens is 557 g/mol. The minimum absolute atomic E-state index is 0.0428. The molecule has 2 aromatic rings. The second kappa shape index (κ2) is 12.7. The maximum absolute atomic E-state index is 13.7. The van der Waals surface area contributed by atoms with Gasteiger partial charge in [-0.15, -0.1) is 0 Å². The van der Waals surface area contributed by atoms with Crippen LogP contribution in [0.4, 0.5) is 5.69 Å². The summed E-state index contributed by atoms with van der Waals surface area (Å²) in [6.45, 7) is 2.93. The monoisotopic (exact) mass is 587 g/mol. The van der Waals surface area contributed by atoms with Crippen molar-refractivity contribution in [2.45, 2.75) is 64.6 Å². The lowest BCUT2D eigenvalue weighted by atomic mass is 9.95. The van der Waals surface area contributed by atoms with Crippen molar-refractivity contribution in [3.05, 3.63) is 62.6 Å². The maximum Gasteiger partial charge on any atom is 0.244 e. The van der Waals surface area contributed by atoms with E-state index >= 15 is 0 Å².